The maximum Gasteiger partial charge on any atom is 0.113 e. The van der Waals surface area contributed by atoms with Crippen molar-refractivity contribution in [2.75, 3.05) is 6.61 Å². The van der Waals surface area contributed by atoms with Gasteiger partial charge in [-0.3, -0.25) is 0 Å². The Morgan fingerprint density at radius 1 is 0.839 bits per heavy atom. The van der Waals surface area contributed by atoms with Gasteiger partial charge in [-0.15, -0.1) is 5.73 Å². The zero-order valence-corrected chi connectivity index (χ0v) is 17.9. The molecule has 2 rings (SSSR count). The number of hydrogen-bond donors (Lipinski definition) is 6. The zero-order chi connectivity index (χ0) is 23.0. The Kier molecular flexibility index (Phi) is 9.62. The summed E-state index contributed by atoms with van der Waals surface area (Å²) in [6.45, 7) is 3.16. The molecule has 6 N–H and O–H groups in total. The van der Waals surface area contributed by atoms with Crippen LogP contribution in [0, 0.1) is 13.8 Å². The lowest BCUT2D eigenvalue weighted by Gasteiger charge is -2.29. The Hall–Kier alpha value is -2.28. The highest BCUT2D eigenvalue weighted by atomic mass is 16.4. The Bertz CT molecular complexity index is 902. The predicted octanol–water partition coefficient (Wildman–Crippen LogP) is 0.967. The first-order valence-corrected chi connectivity index (χ1v) is 10.3. The third kappa shape index (κ3) is 7.42. The Labute approximate surface area is 183 Å². The van der Waals surface area contributed by atoms with Crippen LogP contribution in [0.4, 0.5) is 0 Å². The number of aliphatic hydroxyl groups is 6. The van der Waals surface area contributed by atoms with Gasteiger partial charge in [0, 0.05) is 12.0 Å². The summed E-state index contributed by atoms with van der Waals surface area (Å²) in [7, 11) is 0. The van der Waals surface area contributed by atoms with Crippen molar-refractivity contribution in [1.29, 1.82) is 0 Å². The van der Waals surface area contributed by atoms with Gasteiger partial charge in [-0.2, -0.15) is 0 Å². The van der Waals surface area contributed by atoms with Crippen LogP contribution in [0.3, 0.4) is 0 Å². The fraction of sp³-hybridized carbons (Fsp3) is 0.400. The van der Waals surface area contributed by atoms with Gasteiger partial charge in [0.2, 0.25) is 0 Å². The van der Waals surface area contributed by atoms with Gasteiger partial charge >= 0.3 is 0 Å². The molecular weight excluding hydrogens is 396 g/mol. The van der Waals surface area contributed by atoms with E-state index in [1.165, 1.54) is 0 Å². The Morgan fingerprint density at radius 3 is 2.00 bits per heavy atom. The van der Waals surface area contributed by atoms with Gasteiger partial charge in [-0.1, -0.05) is 59.7 Å². The van der Waals surface area contributed by atoms with Crippen molar-refractivity contribution in [1.82, 2.24) is 0 Å². The number of rotatable bonds is 10. The summed E-state index contributed by atoms with van der Waals surface area (Å²) in [6, 6.07) is 15.6. The molecule has 0 radical (unpaired) electrons. The molecule has 0 aromatic heterocycles. The molecule has 168 valence electrons. The van der Waals surface area contributed by atoms with E-state index in [9.17, 15) is 25.5 Å². The highest BCUT2D eigenvalue weighted by molar-refractivity contribution is 5.29. The van der Waals surface area contributed by atoms with Gasteiger partial charge in [0.15, 0.2) is 0 Å². The van der Waals surface area contributed by atoms with Gasteiger partial charge in [0.05, 0.1) is 6.61 Å². The molecule has 0 saturated heterocycles. The van der Waals surface area contributed by atoms with Gasteiger partial charge in [0.1, 0.15) is 30.5 Å². The summed E-state index contributed by atoms with van der Waals surface area (Å²) >= 11 is 0. The van der Waals surface area contributed by atoms with E-state index in [-0.39, 0.29) is 6.42 Å². The van der Waals surface area contributed by atoms with E-state index in [4.69, 9.17) is 5.11 Å². The minimum atomic E-state index is -1.86. The van der Waals surface area contributed by atoms with Crippen molar-refractivity contribution >= 4 is 0 Å². The minimum absolute atomic E-state index is 0.273. The Balaban J connectivity index is 2.30. The topological polar surface area (TPSA) is 121 Å². The maximum atomic E-state index is 10.7. The summed E-state index contributed by atoms with van der Waals surface area (Å²) in [5, 5.41) is 59.7. The van der Waals surface area contributed by atoms with E-state index in [2.05, 4.69) is 5.73 Å². The normalized spacial score (nSPS) is 16.0. The lowest BCUT2D eigenvalue weighted by Crippen LogP contribution is -2.50. The SMILES string of the molecule is Cc1cccc(CC=C=C(Cc2cccc(C)c2)C(O)[C@@H](O)[C@@H](O)[C@H](O)[C@@H](O)CO)c1. The molecule has 0 bridgehead atoms. The molecule has 1 unspecified atom stereocenters. The van der Waals surface area contributed by atoms with E-state index >= 15 is 0 Å². The third-order valence-corrected chi connectivity index (χ3v) is 5.15. The van der Waals surface area contributed by atoms with E-state index in [0.717, 1.165) is 22.3 Å². The van der Waals surface area contributed by atoms with Gasteiger partial charge < -0.3 is 30.6 Å². The van der Waals surface area contributed by atoms with Crippen LogP contribution in [-0.4, -0.2) is 67.8 Å². The number of aliphatic hydroxyl groups excluding tert-OH is 6. The van der Waals surface area contributed by atoms with Crippen molar-refractivity contribution in [3.05, 3.63) is 88.2 Å². The lowest BCUT2D eigenvalue weighted by atomic mass is 9.91. The van der Waals surface area contributed by atoms with Crippen molar-refractivity contribution in [3.63, 3.8) is 0 Å². The van der Waals surface area contributed by atoms with E-state index in [0.29, 0.717) is 12.0 Å². The molecule has 0 heterocycles. The molecule has 0 fully saturated rings. The average molecular weight is 429 g/mol. The first kappa shape index (κ1) is 25.0. The van der Waals surface area contributed by atoms with Crippen molar-refractivity contribution in [2.45, 2.75) is 57.2 Å². The molecule has 0 amide bonds. The summed E-state index contributed by atoms with van der Waals surface area (Å²) in [5.74, 6) is 0. The number of aryl methyl sites for hydroxylation is 2. The average Bonchev–Trinajstić information content (AvgIpc) is 2.76. The molecule has 31 heavy (non-hydrogen) atoms. The second kappa shape index (κ2) is 11.9. The largest absolute Gasteiger partial charge is 0.394 e. The number of benzene rings is 2. The molecular formula is C25H32O6. The molecule has 2 aromatic rings. The van der Waals surface area contributed by atoms with Crippen LogP contribution in [0.1, 0.15) is 22.3 Å². The molecule has 0 saturated carbocycles. The minimum Gasteiger partial charge on any atom is -0.394 e. The Morgan fingerprint density at radius 2 is 1.42 bits per heavy atom. The number of hydrogen-bond acceptors (Lipinski definition) is 6. The first-order chi connectivity index (χ1) is 14.7. The second-order valence-corrected chi connectivity index (χ2v) is 7.90. The van der Waals surface area contributed by atoms with Crippen molar-refractivity contribution in [3.8, 4) is 0 Å². The smallest absolute Gasteiger partial charge is 0.113 e. The third-order valence-electron chi connectivity index (χ3n) is 5.15. The van der Waals surface area contributed by atoms with Crippen LogP contribution in [-0.2, 0) is 12.8 Å². The quantitative estimate of drug-likeness (QED) is 0.314. The van der Waals surface area contributed by atoms with Gasteiger partial charge in [-0.25, -0.2) is 0 Å². The van der Waals surface area contributed by atoms with Crippen LogP contribution in [0.15, 0.2) is 65.9 Å². The summed E-state index contributed by atoms with van der Waals surface area (Å²) in [4.78, 5) is 0. The standard InChI is InChI=1S/C25H32O6/c1-16-6-3-8-18(12-16)9-5-11-20(14-19-10-4-7-17(2)13-19)22(28)24(30)25(31)23(29)21(27)15-26/h3-8,10,12-13,21-31H,9,14-15H2,1-2H3/t11?,21-,22?,23+,24+,25-/m0/s1. The van der Waals surface area contributed by atoms with E-state index in [1.54, 1.807) is 6.08 Å². The fourth-order valence-corrected chi connectivity index (χ4v) is 3.35. The molecule has 0 spiro atoms. The molecule has 5 atom stereocenters. The predicted molar refractivity (Wildman–Crippen MR) is 118 cm³/mol. The van der Waals surface area contributed by atoms with Crippen molar-refractivity contribution < 1.29 is 30.6 Å². The van der Waals surface area contributed by atoms with Crippen LogP contribution < -0.4 is 0 Å². The first-order valence-electron chi connectivity index (χ1n) is 10.3. The summed E-state index contributed by atoms with van der Waals surface area (Å²) < 4.78 is 0. The van der Waals surface area contributed by atoms with Crippen molar-refractivity contribution in [2.24, 2.45) is 0 Å². The lowest BCUT2D eigenvalue weighted by molar-refractivity contribution is -0.134. The molecule has 6 heteroatoms. The van der Waals surface area contributed by atoms with E-state index < -0.39 is 37.1 Å². The van der Waals surface area contributed by atoms with Crippen LogP contribution in [0.2, 0.25) is 0 Å². The van der Waals surface area contributed by atoms with E-state index in [1.807, 2.05) is 62.4 Å². The maximum absolute atomic E-state index is 10.7. The highest BCUT2D eigenvalue weighted by Gasteiger charge is 2.35. The monoisotopic (exact) mass is 428 g/mol. The molecule has 2 aromatic carbocycles. The molecule has 0 aliphatic carbocycles. The highest BCUT2D eigenvalue weighted by Crippen LogP contribution is 2.19. The molecule has 0 aliphatic rings. The molecule has 0 aliphatic heterocycles. The molecule has 6 nitrogen and oxygen atoms in total. The summed E-state index contributed by atoms with van der Waals surface area (Å²) in [6.07, 6.45) is -6.04. The van der Waals surface area contributed by atoms with Crippen LogP contribution in [0.5, 0.6) is 0 Å². The van der Waals surface area contributed by atoms with Crippen LogP contribution in [0.25, 0.3) is 0 Å². The van der Waals surface area contributed by atoms with Crippen LogP contribution >= 0.6 is 0 Å². The van der Waals surface area contributed by atoms with Gasteiger partial charge in [-0.05, 0) is 37.5 Å². The second-order valence-electron chi connectivity index (χ2n) is 7.90. The van der Waals surface area contributed by atoms with Gasteiger partial charge in [0.25, 0.3) is 0 Å². The fourth-order valence-electron chi connectivity index (χ4n) is 3.35. The zero-order valence-electron chi connectivity index (χ0n) is 17.9. The summed E-state index contributed by atoms with van der Waals surface area (Å²) in [5.41, 5.74) is 7.51.